The molecule has 0 spiro atoms. The Morgan fingerprint density at radius 2 is 1.88 bits per heavy atom. The van der Waals surface area contributed by atoms with Crippen LogP contribution in [-0.2, 0) is 4.74 Å². The van der Waals surface area contributed by atoms with E-state index >= 15 is 0 Å². The van der Waals surface area contributed by atoms with Crippen LogP contribution in [-0.4, -0.2) is 40.7 Å². The van der Waals surface area contributed by atoms with E-state index < -0.39 is 10.5 Å². The smallest absolute Gasteiger partial charge is 0.410 e. The van der Waals surface area contributed by atoms with Crippen molar-refractivity contribution < 1.29 is 19.2 Å². The topological polar surface area (TPSA) is 81.9 Å². The van der Waals surface area contributed by atoms with E-state index in [4.69, 9.17) is 9.47 Å². The summed E-state index contributed by atoms with van der Waals surface area (Å²) in [6.07, 6.45) is 0.162. The molecule has 1 aliphatic rings. The Labute approximate surface area is 151 Å². The van der Waals surface area contributed by atoms with Crippen LogP contribution in [0.25, 0.3) is 10.8 Å². The number of amides is 1. The van der Waals surface area contributed by atoms with Crippen molar-refractivity contribution in [3.05, 3.63) is 46.5 Å². The number of carbonyl (C=O) groups excluding carboxylic acids is 1. The lowest BCUT2D eigenvalue weighted by atomic mass is 10.1. The van der Waals surface area contributed by atoms with Crippen molar-refractivity contribution in [2.45, 2.75) is 38.9 Å². The van der Waals surface area contributed by atoms with Crippen molar-refractivity contribution in [3.63, 3.8) is 0 Å². The summed E-state index contributed by atoms with van der Waals surface area (Å²) in [6.45, 7) is 6.48. The number of hydrogen-bond acceptors (Lipinski definition) is 5. The second-order valence-corrected chi connectivity index (χ2v) is 7.34. The predicted octanol–water partition coefficient (Wildman–Crippen LogP) is 4.14. The summed E-state index contributed by atoms with van der Waals surface area (Å²) in [5, 5.41) is 12.4. The molecule has 0 saturated carbocycles. The van der Waals surface area contributed by atoms with Crippen LogP contribution in [0.1, 0.15) is 27.2 Å². The molecule has 1 fully saturated rings. The maximum Gasteiger partial charge on any atom is 0.410 e. The summed E-state index contributed by atoms with van der Waals surface area (Å²) >= 11 is 0. The molecule has 138 valence electrons. The molecule has 1 aliphatic heterocycles. The number of carbonyl (C=O) groups is 1. The molecule has 0 radical (unpaired) electrons. The first-order valence-corrected chi connectivity index (χ1v) is 8.55. The van der Waals surface area contributed by atoms with E-state index in [1.807, 2.05) is 26.8 Å². The lowest BCUT2D eigenvalue weighted by molar-refractivity contribution is -0.383. The average Bonchev–Trinajstić information content (AvgIpc) is 3.02. The van der Waals surface area contributed by atoms with Gasteiger partial charge in [0.25, 0.3) is 5.69 Å². The Balaban J connectivity index is 1.76. The lowest BCUT2D eigenvalue weighted by Crippen LogP contribution is -2.36. The van der Waals surface area contributed by atoms with E-state index in [9.17, 15) is 14.9 Å². The summed E-state index contributed by atoms with van der Waals surface area (Å²) in [5.74, 6) is 0.585. The molecule has 1 amide bonds. The van der Waals surface area contributed by atoms with Gasteiger partial charge in [0.15, 0.2) is 0 Å². The fourth-order valence-electron chi connectivity index (χ4n) is 3.01. The zero-order valence-corrected chi connectivity index (χ0v) is 15.1. The van der Waals surface area contributed by atoms with Crippen molar-refractivity contribution in [1.29, 1.82) is 0 Å². The minimum absolute atomic E-state index is 0.0507. The van der Waals surface area contributed by atoms with E-state index in [1.165, 1.54) is 6.07 Å². The standard InChI is InChI=1S/C19H22N2O5/c1-19(2,3)26-18(22)20-11-10-13(12-20)25-17-9-8-16(21(23)24)14-6-4-5-7-15(14)17/h4-9,13H,10-12H2,1-3H3. The largest absolute Gasteiger partial charge is 0.488 e. The van der Waals surface area contributed by atoms with Crippen molar-refractivity contribution in [2.75, 3.05) is 13.1 Å². The molecular weight excluding hydrogens is 336 g/mol. The van der Waals surface area contributed by atoms with E-state index in [1.54, 1.807) is 29.2 Å². The summed E-state index contributed by atoms with van der Waals surface area (Å²) in [5.41, 5.74) is -0.486. The molecule has 1 heterocycles. The van der Waals surface area contributed by atoms with E-state index in [0.717, 1.165) is 0 Å². The molecule has 3 rings (SSSR count). The molecular formula is C19H22N2O5. The summed E-state index contributed by atoms with van der Waals surface area (Å²) < 4.78 is 11.5. The fraction of sp³-hybridized carbons (Fsp3) is 0.421. The van der Waals surface area contributed by atoms with E-state index in [0.29, 0.717) is 36.0 Å². The summed E-state index contributed by atoms with van der Waals surface area (Å²) in [7, 11) is 0. The molecule has 2 aromatic carbocycles. The average molecular weight is 358 g/mol. The van der Waals surface area contributed by atoms with Crippen molar-refractivity contribution >= 4 is 22.6 Å². The van der Waals surface area contributed by atoms with Crippen LogP contribution in [0, 0.1) is 10.1 Å². The normalized spacial score (nSPS) is 17.3. The lowest BCUT2D eigenvalue weighted by Gasteiger charge is -2.24. The van der Waals surface area contributed by atoms with Gasteiger partial charge in [-0.2, -0.15) is 0 Å². The SMILES string of the molecule is CC(C)(C)OC(=O)N1CCC(Oc2ccc([N+](=O)[O-])c3ccccc23)C1. The Bertz CT molecular complexity index is 843. The van der Waals surface area contributed by atoms with Crippen LogP contribution in [0.3, 0.4) is 0 Å². The maximum atomic E-state index is 12.2. The number of ether oxygens (including phenoxy) is 2. The second-order valence-electron chi connectivity index (χ2n) is 7.34. The molecule has 0 aliphatic carbocycles. The number of nitro groups is 1. The zero-order valence-electron chi connectivity index (χ0n) is 15.1. The van der Waals surface area contributed by atoms with Crippen molar-refractivity contribution in [1.82, 2.24) is 4.90 Å². The molecule has 7 nitrogen and oxygen atoms in total. The van der Waals surface area contributed by atoms with Gasteiger partial charge in [0, 0.05) is 24.4 Å². The molecule has 0 N–H and O–H groups in total. The van der Waals surface area contributed by atoms with Crippen LogP contribution < -0.4 is 4.74 Å². The first-order chi connectivity index (χ1) is 12.2. The Morgan fingerprint density at radius 3 is 2.54 bits per heavy atom. The highest BCUT2D eigenvalue weighted by Crippen LogP contribution is 2.34. The van der Waals surface area contributed by atoms with Crippen molar-refractivity contribution in [2.24, 2.45) is 0 Å². The number of hydrogen-bond donors (Lipinski definition) is 0. The number of benzene rings is 2. The Hall–Kier alpha value is -2.83. The molecule has 1 atom stereocenters. The van der Waals surface area contributed by atoms with E-state index in [2.05, 4.69) is 0 Å². The van der Waals surface area contributed by atoms with Gasteiger partial charge in [0.1, 0.15) is 17.5 Å². The minimum atomic E-state index is -0.537. The molecule has 26 heavy (non-hydrogen) atoms. The van der Waals surface area contributed by atoms with Crippen LogP contribution >= 0.6 is 0 Å². The van der Waals surface area contributed by atoms with Gasteiger partial charge < -0.3 is 14.4 Å². The van der Waals surface area contributed by atoms with Gasteiger partial charge in [0.2, 0.25) is 0 Å². The first-order valence-electron chi connectivity index (χ1n) is 8.55. The first kappa shape index (κ1) is 18.0. The highest BCUT2D eigenvalue weighted by atomic mass is 16.6. The van der Waals surface area contributed by atoms with E-state index in [-0.39, 0.29) is 17.9 Å². The third kappa shape index (κ3) is 3.87. The van der Waals surface area contributed by atoms with Gasteiger partial charge in [-0.3, -0.25) is 10.1 Å². The number of nitrogens with zero attached hydrogens (tertiary/aromatic N) is 2. The van der Waals surface area contributed by atoms with Gasteiger partial charge in [-0.15, -0.1) is 0 Å². The van der Waals surface area contributed by atoms with Crippen LogP contribution in [0.15, 0.2) is 36.4 Å². The molecule has 1 unspecified atom stereocenters. The third-order valence-corrected chi connectivity index (χ3v) is 4.15. The Morgan fingerprint density at radius 1 is 1.19 bits per heavy atom. The summed E-state index contributed by atoms with van der Waals surface area (Å²) in [4.78, 5) is 24.6. The molecule has 1 saturated heterocycles. The van der Waals surface area contributed by atoms with Crippen molar-refractivity contribution in [3.8, 4) is 5.75 Å². The molecule has 7 heteroatoms. The van der Waals surface area contributed by atoms with Gasteiger partial charge >= 0.3 is 6.09 Å². The number of nitro benzene ring substituents is 1. The fourth-order valence-corrected chi connectivity index (χ4v) is 3.01. The van der Waals surface area contributed by atoms with Crippen LogP contribution in [0.4, 0.5) is 10.5 Å². The van der Waals surface area contributed by atoms with Gasteiger partial charge in [-0.25, -0.2) is 4.79 Å². The number of likely N-dealkylation sites (tertiary alicyclic amines) is 1. The predicted molar refractivity (Wildman–Crippen MR) is 97.4 cm³/mol. The second kappa shape index (κ2) is 6.82. The van der Waals surface area contributed by atoms with Crippen LogP contribution in [0.2, 0.25) is 0 Å². The Kier molecular flexibility index (Phi) is 4.71. The molecule has 0 aromatic heterocycles. The molecule has 0 bridgehead atoms. The van der Waals surface area contributed by atoms with Gasteiger partial charge in [0.05, 0.1) is 16.9 Å². The monoisotopic (exact) mass is 358 g/mol. The zero-order chi connectivity index (χ0) is 18.9. The number of non-ortho nitro benzene ring substituents is 1. The molecule has 2 aromatic rings. The summed E-state index contributed by atoms with van der Waals surface area (Å²) in [6, 6.07) is 10.2. The quantitative estimate of drug-likeness (QED) is 0.608. The third-order valence-electron chi connectivity index (χ3n) is 4.15. The maximum absolute atomic E-state index is 12.2. The minimum Gasteiger partial charge on any atom is -0.488 e. The highest BCUT2D eigenvalue weighted by molar-refractivity contribution is 5.95. The van der Waals surface area contributed by atoms with Crippen LogP contribution in [0.5, 0.6) is 5.75 Å². The number of rotatable bonds is 3. The number of fused-ring (bicyclic) bond motifs is 1. The van der Waals surface area contributed by atoms with Gasteiger partial charge in [-0.05, 0) is 32.9 Å². The van der Waals surface area contributed by atoms with Gasteiger partial charge in [-0.1, -0.05) is 18.2 Å². The highest BCUT2D eigenvalue weighted by Gasteiger charge is 2.31.